The Kier molecular flexibility index (Phi) is 4.59. The molecule has 0 spiro atoms. The van der Waals surface area contributed by atoms with Gasteiger partial charge in [-0.05, 0) is 24.3 Å². The molecule has 0 aliphatic carbocycles. The van der Waals surface area contributed by atoms with E-state index in [4.69, 9.17) is 4.74 Å². The number of carbonyl (C=O) groups is 1. The molecule has 1 aromatic heterocycles. The van der Waals surface area contributed by atoms with E-state index in [0.29, 0.717) is 31.0 Å². The van der Waals surface area contributed by atoms with Crippen LogP contribution in [0.3, 0.4) is 0 Å². The van der Waals surface area contributed by atoms with Crippen LogP contribution in [0.2, 0.25) is 0 Å². The van der Waals surface area contributed by atoms with Gasteiger partial charge in [-0.2, -0.15) is 0 Å². The first-order valence-corrected chi connectivity index (χ1v) is 7.75. The van der Waals surface area contributed by atoms with Gasteiger partial charge in [0.1, 0.15) is 11.9 Å². The van der Waals surface area contributed by atoms with Gasteiger partial charge in [0, 0.05) is 38.7 Å². The first-order valence-electron chi connectivity index (χ1n) is 7.75. The highest BCUT2D eigenvalue weighted by atomic mass is 19.1. The third-order valence-corrected chi connectivity index (χ3v) is 3.88. The molecule has 1 aromatic carbocycles. The van der Waals surface area contributed by atoms with Gasteiger partial charge >= 0.3 is 0 Å². The van der Waals surface area contributed by atoms with Gasteiger partial charge in [0.25, 0.3) is 5.91 Å². The summed E-state index contributed by atoms with van der Waals surface area (Å²) in [6.07, 6.45) is 0.569. The second kappa shape index (κ2) is 6.82. The molecule has 24 heavy (non-hydrogen) atoms. The van der Waals surface area contributed by atoms with Crippen LogP contribution < -0.4 is 9.64 Å². The zero-order chi connectivity index (χ0) is 17.1. The maximum absolute atomic E-state index is 13.3. The van der Waals surface area contributed by atoms with Gasteiger partial charge in [0.2, 0.25) is 5.88 Å². The quantitative estimate of drug-likeness (QED) is 0.858. The molecule has 2 aromatic rings. The molecule has 1 aliphatic rings. The lowest BCUT2D eigenvalue weighted by molar-refractivity contribution is 0.0770. The van der Waals surface area contributed by atoms with Crippen molar-refractivity contribution in [2.75, 3.05) is 32.1 Å². The minimum absolute atomic E-state index is 0.137. The highest BCUT2D eigenvalue weighted by Crippen LogP contribution is 2.19. The van der Waals surface area contributed by atoms with Gasteiger partial charge in [-0.25, -0.2) is 4.39 Å². The van der Waals surface area contributed by atoms with Gasteiger partial charge in [-0.1, -0.05) is 6.07 Å². The summed E-state index contributed by atoms with van der Waals surface area (Å²) in [5, 5.41) is 8.10. The minimum Gasteiger partial charge on any atom is -0.471 e. The fourth-order valence-corrected chi connectivity index (χ4v) is 2.60. The van der Waals surface area contributed by atoms with Crippen molar-refractivity contribution in [2.24, 2.45) is 0 Å². The Bertz CT molecular complexity index is 721. The predicted molar refractivity (Wildman–Crippen MR) is 87.7 cm³/mol. The molecule has 1 atom stereocenters. The summed E-state index contributed by atoms with van der Waals surface area (Å²) in [7, 11) is 3.77. The Balaban J connectivity index is 1.60. The molecule has 2 heterocycles. The fourth-order valence-electron chi connectivity index (χ4n) is 2.60. The van der Waals surface area contributed by atoms with Crippen LogP contribution >= 0.6 is 0 Å². The molecule has 0 N–H and O–H groups in total. The van der Waals surface area contributed by atoms with Crippen LogP contribution in [0.15, 0.2) is 36.4 Å². The number of aromatic nitrogens is 2. The summed E-state index contributed by atoms with van der Waals surface area (Å²) >= 11 is 0. The van der Waals surface area contributed by atoms with Crippen molar-refractivity contribution in [1.29, 1.82) is 0 Å². The molecule has 126 valence electrons. The Labute approximate surface area is 139 Å². The van der Waals surface area contributed by atoms with Crippen molar-refractivity contribution in [1.82, 2.24) is 15.1 Å². The molecule has 1 saturated heterocycles. The lowest BCUT2D eigenvalue weighted by atomic mass is 10.2. The Morgan fingerprint density at radius 3 is 2.79 bits per heavy atom. The summed E-state index contributed by atoms with van der Waals surface area (Å²) in [6.45, 7) is 1.02. The highest BCUT2D eigenvalue weighted by molar-refractivity contribution is 5.94. The molecule has 0 radical (unpaired) electrons. The second-order valence-electron chi connectivity index (χ2n) is 5.91. The molecule has 3 rings (SSSR count). The van der Waals surface area contributed by atoms with Gasteiger partial charge in [-0.3, -0.25) is 4.79 Å². The molecule has 1 aliphatic heterocycles. The van der Waals surface area contributed by atoms with E-state index < -0.39 is 5.82 Å². The number of likely N-dealkylation sites (tertiary alicyclic amines) is 1. The molecule has 1 unspecified atom stereocenters. The van der Waals surface area contributed by atoms with Crippen LogP contribution in [0.4, 0.5) is 10.2 Å². The lowest BCUT2D eigenvalue weighted by Crippen LogP contribution is -2.31. The monoisotopic (exact) mass is 330 g/mol. The standard InChI is InChI=1S/C17H19FN4O2/c1-21(2)15-6-7-16(20-19-15)24-14-8-9-22(11-14)17(23)12-4-3-5-13(18)10-12/h3-7,10,14H,8-9,11H2,1-2H3. The summed E-state index contributed by atoms with van der Waals surface area (Å²) in [5.74, 6) is 0.584. The average Bonchev–Trinajstić information content (AvgIpc) is 3.03. The SMILES string of the molecule is CN(C)c1ccc(OC2CCN(C(=O)c3cccc(F)c3)C2)nn1. The predicted octanol–water partition coefficient (Wildman–Crippen LogP) is 1.98. The number of carbonyl (C=O) groups excluding carboxylic acids is 1. The number of hydrogen-bond donors (Lipinski definition) is 0. The van der Waals surface area contributed by atoms with E-state index >= 15 is 0 Å². The van der Waals surface area contributed by atoms with Crippen LogP contribution in [-0.4, -0.2) is 54.3 Å². The molecule has 6 nitrogen and oxygen atoms in total. The molecular weight excluding hydrogens is 311 g/mol. The van der Waals surface area contributed by atoms with Crippen LogP contribution in [0.1, 0.15) is 16.8 Å². The number of anilines is 1. The first kappa shape index (κ1) is 16.2. The molecule has 7 heteroatoms. The molecular formula is C17H19FN4O2. The minimum atomic E-state index is -0.413. The number of amides is 1. The van der Waals surface area contributed by atoms with E-state index in [0.717, 1.165) is 5.82 Å². The van der Waals surface area contributed by atoms with E-state index in [1.54, 1.807) is 17.0 Å². The summed E-state index contributed by atoms with van der Waals surface area (Å²) in [5.41, 5.74) is 0.353. The van der Waals surface area contributed by atoms with E-state index in [1.165, 1.54) is 18.2 Å². The van der Waals surface area contributed by atoms with Crippen LogP contribution in [0.25, 0.3) is 0 Å². The number of nitrogens with zero attached hydrogens (tertiary/aromatic N) is 4. The zero-order valence-electron chi connectivity index (χ0n) is 13.6. The zero-order valence-corrected chi connectivity index (χ0v) is 13.6. The third-order valence-electron chi connectivity index (χ3n) is 3.88. The normalized spacial score (nSPS) is 17.0. The number of hydrogen-bond acceptors (Lipinski definition) is 5. The molecule has 0 saturated carbocycles. The lowest BCUT2D eigenvalue weighted by Gasteiger charge is -2.17. The van der Waals surface area contributed by atoms with Crippen LogP contribution in [-0.2, 0) is 0 Å². The summed E-state index contributed by atoms with van der Waals surface area (Å²) < 4.78 is 19.0. The van der Waals surface area contributed by atoms with Gasteiger partial charge in [-0.15, -0.1) is 10.2 Å². The molecule has 1 fully saturated rings. The topological polar surface area (TPSA) is 58.6 Å². The van der Waals surface area contributed by atoms with E-state index in [-0.39, 0.29) is 12.0 Å². The first-order chi connectivity index (χ1) is 11.5. The third kappa shape index (κ3) is 3.61. The van der Waals surface area contributed by atoms with Crippen molar-refractivity contribution in [3.05, 3.63) is 47.8 Å². The van der Waals surface area contributed by atoms with Gasteiger partial charge < -0.3 is 14.5 Å². The maximum Gasteiger partial charge on any atom is 0.254 e. The van der Waals surface area contributed by atoms with Crippen LogP contribution in [0.5, 0.6) is 5.88 Å². The van der Waals surface area contributed by atoms with E-state index in [9.17, 15) is 9.18 Å². The summed E-state index contributed by atoms with van der Waals surface area (Å²) in [6, 6.07) is 9.32. The fraction of sp³-hybridized carbons (Fsp3) is 0.353. The second-order valence-corrected chi connectivity index (χ2v) is 5.91. The van der Waals surface area contributed by atoms with E-state index in [1.807, 2.05) is 25.1 Å². The van der Waals surface area contributed by atoms with Gasteiger partial charge in [0.05, 0.1) is 6.54 Å². The Morgan fingerprint density at radius 2 is 2.12 bits per heavy atom. The van der Waals surface area contributed by atoms with Crippen molar-refractivity contribution >= 4 is 11.7 Å². The maximum atomic E-state index is 13.3. The molecule has 1 amide bonds. The Morgan fingerprint density at radius 1 is 1.29 bits per heavy atom. The van der Waals surface area contributed by atoms with Crippen molar-refractivity contribution in [3.8, 4) is 5.88 Å². The number of halogens is 1. The Hall–Kier alpha value is -2.70. The van der Waals surface area contributed by atoms with E-state index in [2.05, 4.69) is 10.2 Å². The highest BCUT2D eigenvalue weighted by Gasteiger charge is 2.28. The largest absolute Gasteiger partial charge is 0.471 e. The number of benzene rings is 1. The smallest absolute Gasteiger partial charge is 0.254 e. The number of rotatable bonds is 4. The molecule has 0 bridgehead atoms. The van der Waals surface area contributed by atoms with Gasteiger partial charge in [0.15, 0.2) is 5.82 Å². The number of ether oxygens (including phenoxy) is 1. The van der Waals surface area contributed by atoms with Crippen molar-refractivity contribution in [3.63, 3.8) is 0 Å². The average molecular weight is 330 g/mol. The van der Waals surface area contributed by atoms with Crippen molar-refractivity contribution < 1.29 is 13.9 Å². The van der Waals surface area contributed by atoms with Crippen molar-refractivity contribution in [2.45, 2.75) is 12.5 Å². The van der Waals surface area contributed by atoms with Crippen LogP contribution in [0, 0.1) is 5.82 Å². The summed E-state index contributed by atoms with van der Waals surface area (Å²) in [4.78, 5) is 15.9.